The Balaban J connectivity index is 1.57. The number of aromatic amines is 1. The summed E-state index contributed by atoms with van der Waals surface area (Å²) >= 11 is 0. The molecule has 1 aromatic carbocycles. The molecule has 1 saturated heterocycles. The molecule has 0 radical (unpaired) electrons. The minimum absolute atomic E-state index is 0.0258. The molecule has 7 heteroatoms. The van der Waals surface area contributed by atoms with Gasteiger partial charge in [0.15, 0.2) is 5.82 Å². The minimum atomic E-state index is -0.154. The van der Waals surface area contributed by atoms with Crippen molar-refractivity contribution >= 4 is 5.91 Å². The van der Waals surface area contributed by atoms with Crippen molar-refractivity contribution in [3.05, 3.63) is 77.6 Å². The molecule has 1 aliphatic rings. The van der Waals surface area contributed by atoms with Crippen molar-refractivity contribution in [1.82, 2.24) is 30.0 Å². The lowest BCUT2D eigenvalue weighted by Crippen LogP contribution is -2.37. The number of hydrogen-bond donors (Lipinski definition) is 1. The first-order valence-electron chi connectivity index (χ1n) is 9.57. The van der Waals surface area contributed by atoms with Gasteiger partial charge in [-0.05, 0) is 31.0 Å². The molecule has 0 bridgehead atoms. The molecule has 1 unspecified atom stereocenters. The molecular formula is C21H24N6O. The molecule has 0 aliphatic carbocycles. The van der Waals surface area contributed by atoms with Crippen LogP contribution in [0.25, 0.3) is 0 Å². The van der Waals surface area contributed by atoms with E-state index >= 15 is 0 Å². The Labute approximate surface area is 164 Å². The average Bonchev–Trinajstić information content (AvgIpc) is 3.05. The second-order valence-corrected chi connectivity index (χ2v) is 7.09. The number of aromatic nitrogens is 4. The van der Waals surface area contributed by atoms with Gasteiger partial charge in [0.2, 0.25) is 0 Å². The van der Waals surface area contributed by atoms with Crippen LogP contribution < -0.4 is 0 Å². The zero-order valence-corrected chi connectivity index (χ0v) is 16.0. The van der Waals surface area contributed by atoms with Crippen LogP contribution in [0.3, 0.4) is 0 Å². The van der Waals surface area contributed by atoms with E-state index in [-0.39, 0.29) is 11.9 Å². The number of rotatable bonds is 4. The summed E-state index contributed by atoms with van der Waals surface area (Å²) < 4.78 is 0. The summed E-state index contributed by atoms with van der Waals surface area (Å²) in [6.45, 7) is 5.06. The molecule has 3 aromatic rings. The van der Waals surface area contributed by atoms with E-state index in [0.717, 1.165) is 31.9 Å². The van der Waals surface area contributed by atoms with Crippen molar-refractivity contribution in [3.63, 3.8) is 0 Å². The largest absolute Gasteiger partial charge is 0.327 e. The predicted molar refractivity (Wildman–Crippen MR) is 105 cm³/mol. The van der Waals surface area contributed by atoms with E-state index in [1.165, 1.54) is 5.56 Å². The molecule has 0 spiro atoms. The van der Waals surface area contributed by atoms with Crippen LogP contribution in [0.4, 0.5) is 0 Å². The third-order valence-electron chi connectivity index (χ3n) is 5.08. The van der Waals surface area contributed by atoms with Crippen molar-refractivity contribution in [2.24, 2.45) is 0 Å². The van der Waals surface area contributed by atoms with Crippen molar-refractivity contribution < 1.29 is 4.79 Å². The van der Waals surface area contributed by atoms with E-state index in [9.17, 15) is 4.79 Å². The zero-order chi connectivity index (χ0) is 19.3. The van der Waals surface area contributed by atoms with Gasteiger partial charge in [-0.3, -0.25) is 19.8 Å². The zero-order valence-electron chi connectivity index (χ0n) is 16.0. The molecule has 1 amide bonds. The highest BCUT2D eigenvalue weighted by molar-refractivity contribution is 5.94. The second kappa shape index (κ2) is 8.31. The van der Waals surface area contributed by atoms with Crippen LogP contribution in [0.2, 0.25) is 0 Å². The lowest BCUT2D eigenvalue weighted by Gasteiger charge is -2.27. The standard InChI is InChI=1S/C21H24N6O/c1-16-23-20(25-24-16)19-9-11-26(15-17-6-3-2-4-7-17)12-13-27(19)21(28)18-8-5-10-22-14-18/h2-8,10,14,19H,9,11-13,15H2,1H3,(H,23,24,25). The quantitative estimate of drug-likeness (QED) is 0.757. The van der Waals surface area contributed by atoms with Crippen LogP contribution in [0.1, 0.15) is 40.0 Å². The smallest absolute Gasteiger partial charge is 0.256 e. The summed E-state index contributed by atoms with van der Waals surface area (Å²) in [5, 5.41) is 7.26. The van der Waals surface area contributed by atoms with Crippen LogP contribution in [-0.4, -0.2) is 55.5 Å². The fourth-order valence-electron chi connectivity index (χ4n) is 3.65. The number of benzene rings is 1. The lowest BCUT2D eigenvalue weighted by molar-refractivity contribution is 0.0677. The van der Waals surface area contributed by atoms with Gasteiger partial charge >= 0.3 is 0 Å². The van der Waals surface area contributed by atoms with Gasteiger partial charge in [-0.15, -0.1) is 0 Å². The van der Waals surface area contributed by atoms with Gasteiger partial charge in [0.25, 0.3) is 5.91 Å². The Kier molecular flexibility index (Phi) is 5.43. The molecule has 3 heterocycles. The number of pyridine rings is 1. The van der Waals surface area contributed by atoms with Crippen LogP contribution >= 0.6 is 0 Å². The molecule has 1 N–H and O–H groups in total. The number of nitrogens with one attached hydrogen (secondary N) is 1. The molecule has 1 atom stereocenters. The van der Waals surface area contributed by atoms with Crippen LogP contribution in [0.5, 0.6) is 0 Å². The minimum Gasteiger partial charge on any atom is -0.327 e. The van der Waals surface area contributed by atoms with Gasteiger partial charge in [0.1, 0.15) is 5.82 Å². The first-order valence-corrected chi connectivity index (χ1v) is 9.57. The summed E-state index contributed by atoms with van der Waals surface area (Å²) in [5.74, 6) is 1.41. The lowest BCUT2D eigenvalue weighted by atomic mass is 10.1. The van der Waals surface area contributed by atoms with Crippen molar-refractivity contribution in [2.45, 2.75) is 25.9 Å². The number of H-pyrrole nitrogens is 1. The van der Waals surface area contributed by atoms with Crippen molar-refractivity contribution in [2.75, 3.05) is 19.6 Å². The summed E-state index contributed by atoms with van der Waals surface area (Å²) in [6, 6.07) is 13.9. The SMILES string of the molecule is Cc1nc(C2CCN(Cc3ccccc3)CCN2C(=O)c2cccnc2)n[nH]1. The van der Waals surface area contributed by atoms with Gasteiger partial charge in [-0.1, -0.05) is 30.3 Å². The van der Waals surface area contributed by atoms with Gasteiger partial charge in [0, 0.05) is 38.6 Å². The Hall–Kier alpha value is -3.06. The highest BCUT2D eigenvalue weighted by Crippen LogP contribution is 2.27. The molecular weight excluding hydrogens is 352 g/mol. The predicted octanol–water partition coefficient (Wildman–Crippen LogP) is 2.60. The maximum atomic E-state index is 13.2. The number of carbonyl (C=O) groups excluding carboxylic acids is 1. The summed E-state index contributed by atoms with van der Waals surface area (Å²) in [4.78, 5) is 26.1. The fraction of sp³-hybridized carbons (Fsp3) is 0.333. The van der Waals surface area contributed by atoms with Crippen LogP contribution in [0.15, 0.2) is 54.9 Å². The van der Waals surface area contributed by atoms with E-state index in [0.29, 0.717) is 17.9 Å². The van der Waals surface area contributed by atoms with E-state index in [1.54, 1.807) is 18.5 Å². The Bertz CT molecular complexity index is 911. The first kappa shape index (κ1) is 18.3. The highest BCUT2D eigenvalue weighted by Gasteiger charge is 2.32. The number of amides is 1. The van der Waals surface area contributed by atoms with E-state index < -0.39 is 0 Å². The molecule has 144 valence electrons. The number of aryl methyl sites for hydroxylation is 1. The molecule has 7 nitrogen and oxygen atoms in total. The van der Waals surface area contributed by atoms with Crippen LogP contribution in [0, 0.1) is 6.92 Å². The topological polar surface area (TPSA) is 78.0 Å². The maximum absolute atomic E-state index is 13.2. The Morgan fingerprint density at radius 2 is 2.00 bits per heavy atom. The van der Waals surface area contributed by atoms with Gasteiger partial charge in [-0.2, -0.15) is 5.10 Å². The summed E-state index contributed by atoms with van der Waals surface area (Å²) in [6.07, 6.45) is 4.09. The number of nitrogens with zero attached hydrogens (tertiary/aromatic N) is 5. The summed E-state index contributed by atoms with van der Waals surface area (Å²) in [7, 11) is 0. The third-order valence-corrected chi connectivity index (χ3v) is 5.08. The van der Waals surface area contributed by atoms with Gasteiger partial charge in [0.05, 0.1) is 11.6 Å². The first-order chi connectivity index (χ1) is 13.7. The average molecular weight is 376 g/mol. The van der Waals surface area contributed by atoms with Gasteiger partial charge in [-0.25, -0.2) is 4.98 Å². The molecule has 4 rings (SSSR count). The Morgan fingerprint density at radius 1 is 1.14 bits per heavy atom. The highest BCUT2D eigenvalue weighted by atomic mass is 16.2. The van der Waals surface area contributed by atoms with E-state index in [4.69, 9.17) is 0 Å². The second-order valence-electron chi connectivity index (χ2n) is 7.09. The number of carbonyl (C=O) groups is 1. The van der Waals surface area contributed by atoms with Crippen molar-refractivity contribution in [3.8, 4) is 0 Å². The Morgan fingerprint density at radius 3 is 2.71 bits per heavy atom. The normalized spacial score (nSPS) is 18.0. The number of hydrogen-bond acceptors (Lipinski definition) is 5. The third kappa shape index (κ3) is 4.09. The maximum Gasteiger partial charge on any atom is 0.256 e. The molecule has 2 aromatic heterocycles. The molecule has 1 aliphatic heterocycles. The van der Waals surface area contributed by atoms with Gasteiger partial charge < -0.3 is 4.90 Å². The molecule has 28 heavy (non-hydrogen) atoms. The monoisotopic (exact) mass is 376 g/mol. The van der Waals surface area contributed by atoms with Crippen LogP contribution in [-0.2, 0) is 6.54 Å². The fourth-order valence-corrected chi connectivity index (χ4v) is 3.65. The van der Waals surface area contributed by atoms with E-state index in [2.05, 4.69) is 49.3 Å². The molecule has 1 fully saturated rings. The van der Waals surface area contributed by atoms with Crippen molar-refractivity contribution in [1.29, 1.82) is 0 Å². The molecule has 0 saturated carbocycles. The van der Waals surface area contributed by atoms with E-state index in [1.807, 2.05) is 24.0 Å². The summed E-state index contributed by atoms with van der Waals surface area (Å²) in [5.41, 5.74) is 1.87.